The number of carbonyl (C=O) groups excluding carboxylic acids is 2. The van der Waals surface area contributed by atoms with Crippen molar-refractivity contribution in [3.05, 3.63) is 22.7 Å². The van der Waals surface area contributed by atoms with Gasteiger partial charge in [-0.15, -0.1) is 0 Å². The molecule has 170 valence electrons. The highest BCUT2D eigenvalue weighted by molar-refractivity contribution is 5.91. The third-order valence-corrected chi connectivity index (χ3v) is 4.24. The predicted molar refractivity (Wildman–Crippen MR) is 97.7 cm³/mol. The molecule has 14 heteroatoms. The summed E-state index contributed by atoms with van der Waals surface area (Å²) in [5.74, 6) is -4.14. The molecule has 1 saturated heterocycles. The van der Waals surface area contributed by atoms with Crippen molar-refractivity contribution < 1.29 is 49.1 Å². The highest BCUT2D eigenvalue weighted by Crippen LogP contribution is 2.30. The number of amides is 1. The fourth-order valence-electron chi connectivity index (χ4n) is 2.76. The molecule has 14 nitrogen and oxygen atoms in total. The van der Waals surface area contributed by atoms with Gasteiger partial charge in [0.05, 0.1) is 25.9 Å². The Labute approximate surface area is 174 Å². The number of anilines is 1. The monoisotopic (exact) mass is 443 g/mol. The molecule has 1 aromatic rings. The number of aromatic nitrogens is 2. The van der Waals surface area contributed by atoms with Gasteiger partial charge in [-0.05, 0) is 6.07 Å². The Morgan fingerprint density at radius 2 is 1.77 bits per heavy atom. The van der Waals surface area contributed by atoms with E-state index in [0.29, 0.717) is 0 Å². The lowest BCUT2D eigenvalue weighted by molar-refractivity contribution is -0.158. The van der Waals surface area contributed by atoms with Crippen LogP contribution in [0.4, 0.5) is 5.82 Å². The maximum Gasteiger partial charge on any atom is 0.351 e. The lowest BCUT2D eigenvalue weighted by Gasteiger charge is -2.20. The minimum atomic E-state index is -1.58. The maximum absolute atomic E-state index is 12.3. The first-order chi connectivity index (χ1) is 14.6. The maximum atomic E-state index is 12.3. The summed E-state index contributed by atoms with van der Waals surface area (Å²) < 4.78 is 11.3. The molecule has 2 rings (SSSR count). The van der Waals surface area contributed by atoms with Crippen molar-refractivity contribution >= 4 is 29.6 Å². The minimum absolute atomic E-state index is 0.153. The van der Waals surface area contributed by atoms with Crippen LogP contribution in [-0.2, 0) is 28.7 Å². The Hall–Kier alpha value is -3.36. The summed E-state index contributed by atoms with van der Waals surface area (Å²) in [6.45, 7) is -0.662. The van der Waals surface area contributed by atoms with E-state index in [1.807, 2.05) is 0 Å². The zero-order valence-corrected chi connectivity index (χ0v) is 16.0. The van der Waals surface area contributed by atoms with Gasteiger partial charge in [0.2, 0.25) is 5.91 Å². The first kappa shape index (κ1) is 23.9. The van der Waals surface area contributed by atoms with Gasteiger partial charge >= 0.3 is 23.6 Å². The van der Waals surface area contributed by atoms with Crippen LogP contribution in [0.3, 0.4) is 0 Å². The number of aliphatic carboxylic acids is 2. The second-order valence-electron chi connectivity index (χ2n) is 6.53. The molecule has 1 amide bonds. The van der Waals surface area contributed by atoms with Crippen molar-refractivity contribution in [3.8, 4) is 0 Å². The van der Waals surface area contributed by atoms with Crippen LogP contribution in [0.1, 0.15) is 31.9 Å². The molecular weight excluding hydrogens is 422 g/mol. The van der Waals surface area contributed by atoms with Gasteiger partial charge in [-0.25, -0.2) is 4.79 Å². The number of carboxylic acid groups (broad SMARTS) is 2. The number of carboxylic acids is 2. The third-order valence-electron chi connectivity index (χ3n) is 4.24. The van der Waals surface area contributed by atoms with Crippen molar-refractivity contribution in [3.63, 3.8) is 0 Å². The van der Waals surface area contributed by atoms with Crippen molar-refractivity contribution in [2.75, 3.05) is 11.9 Å². The molecule has 4 atom stereocenters. The molecule has 2 heterocycles. The molecule has 0 bridgehead atoms. The molecule has 0 radical (unpaired) electrons. The first-order valence-electron chi connectivity index (χ1n) is 9.09. The summed E-state index contributed by atoms with van der Waals surface area (Å²) in [6.07, 6.45) is -6.04. The molecule has 5 N–H and O–H groups in total. The normalized spacial score (nSPS) is 22.6. The highest BCUT2D eigenvalue weighted by Gasteiger charge is 2.47. The van der Waals surface area contributed by atoms with Gasteiger partial charge in [-0.2, -0.15) is 4.98 Å². The second kappa shape index (κ2) is 10.6. The zero-order valence-electron chi connectivity index (χ0n) is 16.0. The SMILES string of the molecule is O=C(O)CCC(=O)Nc1ccn(C2OC(CO)C(OC(=O)CCC(=O)O)C2O)c(=O)n1. The molecule has 0 spiro atoms. The van der Waals surface area contributed by atoms with E-state index in [2.05, 4.69) is 10.3 Å². The first-order valence-corrected chi connectivity index (χ1v) is 9.09. The molecule has 1 aliphatic rings. The zero-order chi connectivity index (χ0) is 23.1. The van der Waals surface area contributed by atoms with Crippen molar-refractivity contribution in [1.29, 1.82) is 0 Å². The Morgan fingerprint density at radius 1 is 1.13 bits per heavy atom. The van der Waals surface area contributed by atoms with Gasteiger partial charge in [-0.3, -0.25) is 23.7 Å². The fourth-order valence-corrected chi connectivity index (χ4v) is 2.76. The smallest absolute Gasteiger partial charge is 0.351 e. The number of nitrogens with zero attached hydrogens (tertiary/aromatic N) is 2. The Bertz CT molecular complexity index is 900. The number of hydrogen-bond acceptors (Lipinski definition) is 10. The number of ether oxygens (including phenoxy) is 2. The summed E-state index contributed by atoms with van der Waals surface area (Å²) in [7, 11) is 0. The van der Waals surface area contributed by atoms with E-state index in [0.717, 1.165) is 10.8 Å². The van der Waals surface area contributed by atoms with Gasteiger partial charge in [-0.1, -0.05) is 0 Å². The van der Waals surface area contributed by atoms with Gasteiger partial charge in [0.25, 0.3) is 0 Å². The quantitative estimate of drug-likeness (QED) is 0.250. The Kier molecular flexibility index (Phi) is 8.18. The number of aliphatic hydroxyl groups is 2. The summed E-state index contributed by atoms with van der Waals surface area (Å²) >= 11 is 0. The molecule has 4 unspecified atom stereocenters. The standard InChI is InChI=1S/C17H21N3O11/c21-7-8-15(31-13(27)4-3-12(25)26)14(28)16(30-8)20-6-5-9(19-17(20)29)18-10(22)1-2-11(23)24/h5-6,8,14-16,21,28H,1-4,7H2,(H,23,24)(H,25,26)(H,18,19,22,29). The number of nitrogens with one attached hydrogen (secondary N) is 1. The van der Waals surface area contributed by atoms with Gasteiger partial charge in [0.15, 0.2) is 12.3 Å². The molecule has 0 aromatic carbocycles. The summed E-state index contributed by atoms with van der Waals surface area (Å²) in [6, 6.07) is 1.20. The van der Waals surface area contributed by atoms with E-state index in [-0.39, 0.29) is 12.2 Å². The van der Waals surface area contributed by atoms with E-state index in [1.165, 1.54) is 6.07 Å². The predicted octanol–water partition coefficient (Wildman–Crippen LogP) is -1.93. The number of rotatable bonds is 10. The van der Waals surface area contributed by atoms with Crippen LogP contribution < -0.4 is 11.0 Å². The van der Waals surface area contributed by atoms with E-state index in [1.54, 1.807) is 0 Å². The lowest BCUT2D eigenvalue weighted by atomic mass is 10.1. The van der Waals surface area contributed by atoms with E-state index < -0.39 is 79.9 Å². The number of hydrogen-bond donors (Lipinski definition) is 5. The van der Waals surface area contributed by atoms with Crippen molar-refractivity contribution in [2.45, 2.75) is 50.2 Å². The van der Waals surface area contributed by atoms with Crippen molar-refractivity contribution in [1.82, 2.24) is 9.55 Å². The molecule has 1 fully saturated rings. The van der Waals surface area contributed by atoms with Crippen LogP contribution in [0, 0.1) is 0 Å². The lowest BCUT2D eigenvalue weighted by Crippen LogP contribution is -2.39. The minimum Gasteiger partial charge on any atom is -0.481 e. The number of esters is 1. The van der Waals surface area contributed by atoms with Crippen LogP contribution in [-0.4, -0.2) is 78.7 Å². The van der Waals surface area contributed by atoms with E-state index >= 15 is 0 Å². The summed E-state index contributed by atoms with van der Waals surface area (Å²) in [5, 5.41) is 39.3. The second-order valence-corrected chi connectivity index (χ2v) is 6.53. The molecule has 0 saturated carbocycles. The molecule has 1 aliphatic heterocycles. The van der Waals surface area contributed by atoms with Crippen LogP contribution in [0.15, 0.2) is 17.1 Å². The highest BCUT2D eigenvalue weighted by atomic mass is 16.6. The molecular formula is C17H21N3O11. The van der Waals surface area contributed by atoms with Crippen LogP contribution in [0.25, 0.3) is 0 Å². The Morgan fingerprint density at radius 3 is 2.35 bits per heavy atom. The molecule has 31 heavy (non-hydrogen) atoms. The average Bonchev–Trinajstić information content (AvgIpc) is 3.00. The van der Waals surface area contributed by atoms with Gasteiger partial charge in [0, 0.05) is 12.6 Å². The summed E-state index contributed by atoms with van der Waals surface area (Å²) in [5.41, 5.74) is -0.949. The largest absolute Gasteiger partial charge is 0.481 e. The van der Waals surface area contributed by atoms with Gasteiger partial charge < -0.3 is 35.2 Å². The Balaban J connectivity index is 2.09. The molecule has 0 aliphatic carbocycles. The third kappa shape index (κ3) is 6.56. The van der Waals surface area contributed by atoms with E-state index in [9.17, 15) is 34.2 Å². The number of carbonyl (C=O) groups is 4. The van der Waals surface area contributed by atoms with E-state index in [4.69, 9.17) is 19.7 Å². The number of aliphatic hydroxyl groups excluding tert-OH is 2. The topological polar surface area (TPSA) is 215 Å². The van der Waals surface area contributed by atoms with Crippen molar-refractivity contribution in [2.24, 2.45) is 0 Å². The van der Waals surface area contributed by atoms with Crippen LogP contribution >= 0.6 is 0 Å². The average molecular weight is 443 g/mol. The molecule has 1 aromatic heterocycles. The van der Waals surface area contributed by atoms with Gasteiger partial charge in [0.1, 0.15) is 18.0 Å². The van der Waals surface area contributed by atoms with Crippen LogP contribution in [0.2, 0.25) is 0 Å². The van der Waals surface area contributed by atoms with Crippen LogP contribution in [0.5, 0.6) is 0 Å². The summed E-state index contributed by atoms with van der Waals surface area (Å²) in [4.78, 5) is 60.3. The fraction of sp³-hybridized carbons (Fsp3) is 0.529.